The minimum absolute atomic E-state index is 0.0174. The third-order valence-corrected chi connectivity index (χ3v) is 3.23. The Morgan fingerprint density at radius 3 is 3.11 bits per heavy atom. The zero-order valence-electron chi connectivity index (χ0n) is 10.9. The highest BCUT2D eigenvalue weighted by Gasteiger charge is 2.21. The molecule has 6 heteroatoms. The van der Waals surface area contributed by atoms with Crippen LogP contribution in [-0.4, -0.2) is 48.7 Å². The van der Waals surface area contributed by atoms with Gasteiger partial charge in [-0.25, -0.2) is 0 Å². The molecule has 100 valence electrons. The average molecular weight is 252 g/mol. The summed E-state index contributed by atoms with van der Waals surface area (Å²) in [5.74, 6) is 1.17. The molecule has 1 atom stereocenters. The van der Waals surface area contributed by atoms with Crippen LogP contribution in [0.4, 0.5) is 5.82 Å². The molecule has 1 aromatic rings. The molecule has 1 aliphatic heterocycles. The van der Waals surface area contributed by atoms with Crippen molar-refractivity contribution in [2.24, 2.45) is 0 Å². The van der Waals surface area contributed by atoms with Gasteiger partial charge in [0.05, 0.1) is 0 Å². The molecular weight excluding hydrogens is 232 g/mol. The minimum Gasteiger partial charge on any atom is -0.360 e. The second-order valence-corrected chi connectivity index (χ2v) is 4.70. The lowest BCUT2D eigenvalue weighted by Crippen LogP contribution is -2.31. The molecule has 2 N–H and O–H groups in total. The standard InChI is InChI=1S/C12H20N4O2/c1-9-7-11(15-18-9)14-12(17)4-6-16-5-3-10(8-16)13-2/h7,10,13H,3-6,8H2,1-2H3,(H,14,15,17). The first kappa shape index (κ1) is 13.0. The van der Waals surface area contributed by atoms with Gasteiger partial charge in [0, 0.05) is 31.6 Å². The Balaban J connectivity index is 1.69. The van der Waals surface area contributed by atoms with Gasteiger partial charge in [-0.05, 0) is 26.9 Å². The lowest BCUT2D eigenvalue weighted by atomic mass is 10.3. The lowest BCUT2D eigenvalue weighted by Gasteiger charge is -2.14. The number of carbonyl (C=O) groups is 1. The first-order chi connectivity index (χ1) is 8.67. The summed E-state index contributed by atoms with van der Waals surface area (Å²) >= 11 is 0. The summed E-state index contributed by atoms with van der Waals surface area (Å²) in [7, 11) is 1.98. The van der Waals surface area contributed by atoms with Crippen molar-refractivity contribution in [3.63, 3.8) is 0 Å². The molecule has 0 aliphatic carbocycles. The summed E-state index contributed by atoms with van der Waals surface area (Å²) in [6.45, 7) is 4.67. The van der Waals surface area contributed by atoms with Crippen LogP contribution in [0.3, 0.4) is 0 Å². The zero-order valence-corrected chi connectivity index (χ0v) is 10.9. The number of aromatic nitrogens is 1. The first-order valence-electron chi connectivity index (χ1n) is 6.30. The molecule has 1 aromatic heterocycles. The number of nitrogens with zero attached hydrogens (tertiary/aromatic N) is 2. The van der Waals surface area contributed by atoms with Gasteiger partial charge in [0.25, 0.3) is 0 Å². The molecule has 1 fully saturated rings. The average Bonchev–Trinajstić information content (AvgIpc) is 2.95. The maximum absolute atomic E-state index is 11.7. The van der Waals surface area contributed by atoms with E-state index in [-0.39, 0.29) is 5.91 Å². The molecule has 6 nitrogen and oxygen atoms in total. The fourth-order valence-corrected chi connectivity index (χ4v) is 2.16. The van der Waals surface area contributed by atoms with E-state index in [2.05, 4.69) is 20.7 Å². The third-order valence-electron chi connectivity index (χ3n) is 3.23. The predicted octanol–water partition coefficient (Wildman–Crippen LogP) is 0.605. The van der Waals surface area contributed by atoms with Crippen LogP contribution in [0.25, 0.3) is 0 Å². The number of amides is 1. The number of rotatable bonds is 5. The SMILES string of the molecule is CNC1CCN(CCC(=O)Nc2cc(C)on2)C1. The second kappa shape index (κ2) is 5.97. The normalized spacial score (nSPS) is 20.2. The fourth-order valence-electron chi connectivity index (χ4n) is 2.16. The van der Waals surface area contributed by atoms with Crippen LogP contribution in [0, 0.1) is 6.92 Å². The van der Waals surface area contributed by atoms with Gasteiger partial charge in [-0.3, -0.25) is 4.79 Å². The van der Waals surface area contributed by atoms with E-state index in [4.69, 9.17) is 4.52 Å². The fraction of sp³-hybridized carbons (Fsp3) is 0.667. The number of likely N-dealkylation sites (tertiary alicyclic amines) is 1. The summed E-state index contributed by atoms with van der Waals surface area (Å²) in [5, 5.41) is 9.72. The summed E-state index contributed by atoms with van der Waals surface area (Å²) in [4.78, 5) is 14.0. The lowest BCUT2D eigenvalue weighted by molar-refractivity contribution is -0.116. The third kappa shape index (κ3) is 3.54. The molecule has 0 spiro atoms. The summed E-state index contributed by atoms with van der Waals surface area (Å²) in [6, 6.07) is 2.27. The van der Waals surface area contributed by atoms with Crippen LogP contribution >= 0.6 is 0 Å². The van der Waals surface area contributed by atoms with Crippen LogP contribution in [0.5, 0.6) is 0 Å². The highest BCUT2D eigenvalue weighted by Crippen LogP contribution is 2.10. The van der Waals surface area contributed by atoms with E-state index < -0.39 is 0 Å². The van der Waals surface area contributed by atoms with Crippen molar-refractivity contribution in [3.8, 4) is 0 Å². The number of anilines is 1. The number of aryl methyl sites for hydroxylation is 1. The summed E-state index contributed by atoms with van der Waals surface area (Å²) in [6.07, 6.45) is 1.64. The highest BCUT2D eigenvalue weighted by molar-refractivity contribution is 5.89. The van der Waals surface area contributed by atoms with Crippen molar-refractivity contribution < 1.29 is 9.32 Å². The zero-order chi connectivity index (χ0) is 13.0. The van der Waals surface area contributed by atoms with Crippen LogP contribution in [0.1, 0.15) is 18.6 Å². The Morgan fingerprint density at radius 1 is 1.67 bits per heavy atom. The number of carbonyl (C=O) groups excluding carboxylic acids is 1. The molecular formula is C12H20N4O2. The van der Waals surface area contributed by atoms with E-state index in [9.17, 15) is 4.79 Å². The molecule has 1 saturated heterocycles. The van der Waals surface area contributed by atoms with E-state index in [1.54, 1.807) is 13.0 Å². The van der Waals surface area contributed by atoms with Crippen LogP contribution in [0.2, 0.25) is 0 Å². The monoisotopic (exact) mass is 252 g/mol. The van der Waals surface area contributed by atoms with Gasteiger partial charge >= 0.3 is 0 Å². The Morgan fingerprint density at radius 2 is 2.50 bits per heavy atom. The highest BCUT2D eigenvalue weighted by atomic mass is 16.5. The molecule has 0 saturated carbocycles. The molecule has 1 aliphatic rings. The van der Waals surface area contributed by atoms with Gasteiger partial charge in [0.2, 0.25) is 5.91 Å². The van der Waals surface area contributed by atoms with Gasteiger partial charge in [-0.15, -0.1) is 0 Å². The van der Waals surface area contributed by atoms with Crippen molar-refractivity contribution in [2.75, 3.05) is 32.0 Å². The van der Waals surface area contributed by atoms with Crippen molar-refractivity contribution in [2.45, 2.75) is 25.8 Å². The molecule has 2 heterocycles. The molecule has 0 aromatic carbocycles. The number of likely N-dealkylation sites (N-methyl/N-ethyl adjacent to an activating group) is 1. The summed E-state index contributed by atoms with van der Waals surface area (Å²) < 4.78 is 4.89. The number of nitrogens with one attached hydrogen (secondary N) is 2. The molecule has 1 unspecified atom stereocenters. The van der Waals surface area contributed by atoms with Crippen LogP contribution in [0.15, 0.2) is 10.6 Å². The van der Waals surface area contributed by atoms with Gasteiger partial charge in [0.15, 0.2) is 5.82 Å². The number of hydrogen-bond donors (Lipinski definition) is 2. The van der Waals surface area contributed by atoms with Crippen molar-refractivity contribution >= 4 is 11.7 Å². The van der Waals surface area contributed by atoms with E-state index in [0.717, 1.165) is 26.1 Å². The maximum Gasteiger partial charge on any atom is 0.226 e. The van der Waals surface area contributed by atoms with Crippen LogP contribution < -0.4 is 10.6 Å². The van der Waals surface area contributed by atoms with E-state index >= 15 is 0 Å². The molecule has 0 radical (unpaired) electrons. The van der Waals surface area contributed by atoms with Gasteiger partial charge < -0.3 is 20.1 Å². The van der Waals surface area contributed by atoms with E-state index in [0.29, 0.717) is 24.0 Å². The molecule has 0 bridgehead atoms. The topological polar surface area (TPSA) is 70.4 Å². The quantitative estimate of drug-likeness (QED) is 0.803. The van der Waals surface area contributed by atoms with Gasteiger partial charge in [-0.1, -0.05) is 5.16 Å². The maximum atomic E-state index is 11.7. The van der Waals surface area contributed by atoms with Gasteiger partial charge in [-0.2, -0.15) is 0 Å². The van der Waals surface area contributed by atoms with Crippen molar-refractivity contribution in [3.05, 3.63) is 11.8 Å². The second-order valence-electron chi connectivity index (χ2n) is 4.70. The Bertz CT molecular complexity index is 405. The smallest absolute Gasteiger partial charge is 0.226 e. The van der Waals surface area contributed by atoms with Gasteiger partial charge in [0.1, 0.15) is 5.76 Å². The van der Waals surface area contributed by atoms with Crippen molar-refractivity contribution in [1.29, 1.82) is 0 Å². The molecule has 2 rings (SSSR count). The Kier molecular flexibility index (Phi) is 4.33. The van der Waals surface area contributed by atoms with E-state index in [1.165, 1.54) is 0 Å². The predicted molar refractivity (Wildman–Crippen MR) is 68.4 cm³/mol. The molecule has 1 amide bonds. The minimum atomic E-state index is -0.0174. The molecule has 18 heavy (non-hydrogen) atoms. The van der Waals surface area contributed by atoms with Crippen LogP contribution in [-0.2, 0) is 4.79 Å². The largest absolute Gasteiger partial charge is 0.360 e. The summed E-state index contributed by atoms with van der Waals surface area (Å²) in [5.41, 5.74) is 0. The van der Waals surface area contributed by atoms with Crippen molar-refractivity contribution in [1.82, 2.24) is 15.4 Å². The Hall–Kier alpha value is -1.40. The van der Waals surface area contributed by atoms with E-state index in [1.807, 2.05) is 7.05 Å². The first-order valence-corrected chi connectivity index (χ1v) is 6.30. The number of hydrogen-bond acceptors (Lipinski definition) is 5. The Labute approximate surface area is 107 Å².